The highest BCUT2D eigenvalue weighted by Gasteiger charge is 2.39. The second kappa shape index (κ2) is 3.54. The maximum absolute atomic E-state index is 5.42. The molecular formula is C13H14N4O. The van der Waals surface area contributed by atoms with Gasteiger partial charge in [0, 0.05) is 19.2 Å². The van der Waals surface area contributed by atoms with Gasteiger partial charge in [0.2, 0.25) is 11.7 Å². The molecule has 2 bridgehead atoms. The van der Waals surface area contributed by atoms with Crippen LogP contribution in [0.4, 0.5) is 0 Å². The Balaban J connectivity index is 1.64. The standard InChI is InChI=1S/C13H14N4O/c1-17-6-11(14-7-17)12-15-13(18-16-12)10-5-8-2-3-9(10)4-8/h2-3,6-10H,4-5H2,1H3/t8-,9+,10-/m1/s1. The van der Waals surface area contributed by atoms with E-state index >= 15 is 0 Å². The zero-order chi connectivity index (χ0) is 12.1. The van der Waals surface area contributed by atoms with E-state index in [0.29, 0.717) is 23.6 Å². The van der Waals surface area contributed by atoms with Gasteiger partial charge in [0.1, 0.15) is 5.69 Å². The molecule has 0 spiro atoms. The molecule has 0 N–H and O–H groups in total. The molecule has 2 aliphatic rings. The van der Waals surface area contributed by atoms with Crippen molar-refractivity contribution in [3.05, 3.63) is 30.6 Å². The lowest BCUT2D eigenvalue weighted by molar-refractivity contribution is 0.337. The minimum absolute atomic E-state index is 0.407. The molecule has 0 aromatic carbocycles. The van der Waals surface area contributed by atoms with Gasteiger partial charge in [0.05, 0.1) is 6.33 Å². The van der Waals surface area contributed by atoms with Crippen LogP contribution in [0.5, 0.6) is 0 Å². The summed E-state index contributed by atoms with van der Waals surface area (Å²) < 4.78 is 7.30. The van der Waals surface area contributed by atoms with Crippen molar-refractivity contribution in [1.82, 2.24) is 19.7 Å². The number of allylic oxidation sites excluding steroid dienone is 2. The number of rotatable bonds is 2. The van der Waals surface area contributed by atoms with Gasteiger partial charge >= 0.3 is 0 Å². The number of fused-ring (bicyclic) bond motifs is 2. The van der Waals surface area contributed by atoms with Gasteiger partial charge in [-0.25, -0.2) is 4.98 Å². The normalized spacial score (nSPS) is 29.3. The largest absolute Gasteiger partial charge is 0.340 e. The van der Waals surface area contributed by atoms with E-state index < -0.39 is 0 Å². The first-order chi connectivity index (χ1) is 8.79. The SMILES string of the molecule is Cn1cnc(-c2noc([C@@H]3C[C@@H]4C=C[C@H]3C4)n2)c1. The lowest BCUT2D eigenvalue weighted by Crippen LogP contribution is -2.05. The average molecular weight is 242 g/mol. The van der Waals surface area contributed by atoms with E-state index in [4.69, 9.17) is 4.52 Å². The van der Waals surface area contributed by atoms with Crippen LogP contribution in [0.2, 0.25) is 0 Å². The van der Waals surface area contributed by atoms with E-state index in [1.54, 1.807) is 6.33 Å². The third-order valence-electron chi connectivity index (χ3n) is 3.97. The van der Waals surface area contributed by atoms with E-state index in [1.165, 1.54) is 6.42 Å². The molecule has 4 rings (SSSR count). The molecule has 3 atom stereocenters. The van der Waals surface area contributed by atoms with Crippen LogP contribution in [-0.2, 0) is 7.05 Å². The second-order valence-electron chi connectivity index (χ2n) is 5.27. The average Bonchev–Trinajstić information content (AvgIpc) is 3.12. The molecule has 0 radical (unpaired) electrons. The molecule has 2 heterocycles. The molecule has 1 fully saturated rings. The third-order valence-corrected chi connectivity index (χ3v) is 3.97. The Hall–Kier alpha value is -1.91. The van der Waals surface area contributed by atoms with E-state index in [9.17, 15) is 0 Å². The molecule has 0 unspecified atom stereocenters. The third kappa shape index (κ3) is 1.43. The van der Waals surface area contributed by atoms with Gasteiger partial charge in [-0.2, -0.15) is 4.98 Å². The first-order valence-corrected chi connectivity index (χ1v) is 6.30. The van der Waals surface area contributed by atoms with Crippen molar-refractivity contribution in [3.8, 4) is 11.5 Å². The van der Waals surface area contributed by atoms with Crippen LogP contribution in [0.25, 0.3) is 11.5 Å². The van der Waals surface area contributed by atoms with Crippen molar-refractivity contribution in [3.63, 3.8) is 0 Å². The zero-order valence-electron chi connectivity index (χ0n) is 10.2. The quantitative estimate of drug-likeness (QED) is 0.757. The Bertz CT molecular complexity index is 612. The van der Waals surface area contributed by atoms with Crippen molar-refractivity contribution in [2.45, 2.75) is 18.8 Å². The Kier molecular flexibility index (Phi) is 1.98. The minimum Gasteiger partial charge on any atom is -0.340 e. The van der Waals surface area contributed by atoms with Gasteiger partial charge in [0.15, 0.2) is 0 Å². The van der Waals surface area contributed by atoms with E-state index in [0.717, 1.165) is 18.0 Å². The Labute approximate surface area is 105 Å². The summed E-state index contributed by atoms with van der Waals surface area (Å²) in [5.74, 6) is 3.08. The number of nitrogens with zero attached hydrogens (tertiary/aromatic N) is 4. The van der Waals surface area contributed by atoms with Gasteiger partial charge in [0.25, 0.3) is 0 Å². The lowest BCUT2D eigenvalue weighted by Gasteiger charge is -2.12. The first kappa shape index (κ1) is 10.1. The van der Waals surface area contributed by atoms with Crippen LogP contribution in [-0.4, -0.2) is 19.7 Å². The monoisotopic (exact) mass is 242 g/mol. The number of imidazole rings is 1. The zero-order valence-corrected chi connectivity index (χ0v) is 10.2. The number of hydrogen-bond acceptors (Lipinski definition) is 4. The Morgan fingerprint density at radius 1 is 1.33 bits per heavy atom. The molecule has 0 saturated heterocycles. The molecule has 2 aromatic heterocycles. The van der Waals surface area contributed by atoms with Crippen LogP contribution in [0, 0.1) is 11.8 Å². The highest BCUT2D eigenvalue weighted by Crippen LogP contribution is 2.48. The number of aromatic nitrogens is 4. The molecule has 1 saturated carbocycles. The van der Waals surface area contributed by atoms with E-state index in [-0.39, 0.29) is 0 Å². The van der Waals surface area contributed by atoms with Gasteiger partial charge in [-0.3, -0.25) is 0 Å². The topological polar surface area (TPSA) is 56.7 Å². The van der Waals surface area contributed by atoms with Crippen molar-refractivity contribution in [1.29, 1.82) is 0 Å². The summed E-state index contributed by atoms with van der Waals surface area (Å²) >= 11 is 0. The maximum atomic E-state index is 5.42. The van der Waals surface area contributed by atoms with Crippen LogP contribution < -0.4 is 0 Å². The summed E-state index contributed by atoms with van der Waals surface area (Å²) in [7, 11) is 1.93. The fourth-order valence-electron chi connectivity index (χ4n) is 3.08. The first-order valence-electron chi connectivity index (χ1n) is 6.30. The molecular weight excluding hydrogens is 228 g/mol. The van der Waals surface area contributed by atoms with Crippen LogP contribution in [0.3, 0.4) is 0 Å². The van der Waals surface area contributed by atoms with Crippen LogP contribution in [0.15, 0.2) is 29.2 Å². The minimum atomic E-state index is 0.407. The van der Waals surface area contributed by atoms with Crippen LogP contribution in [0.1, 0.15) is 24.7 Å². The summed E-state index contributed by atoms with van der Waals surface area (Å²) in [6.45, 7) is 0. The molecule has 2 aliphatic carbocycles. The molecule has 5 nitrogen and oxygen atoms in total. The van der Waals surface area contributed by atoms with Crippen molar-refractivity contribution in [2.75, 3.05) is 0 Å². The lowest BCUT2D eigenvalue weighted by atomic mass is 9.94. The smallest absolute Gasteiger partial charge is 0.230 e. The maximum Gasteiger partial charge on any atom is 0.230 e. The van der Waals surface area contributed by atoms with Gasteiger partial charge in [-0.05, 0) is 24.7 Å². The summed E-state index contributed by atoms with van der Waals surface area (Å²) in [5, 5.41) is 4.04. The summed E-state index contributed by atoms with van der Waals surface area (Å²) in [4.78, 5) is 8.74. The molecule has 18 heavy (non-hydrogen) atoms. The van der Waals surface area contributed by atoms with Gasteiger partial charge < -0.3 is 9.09 Å². The van der Waals surface area contributed by atoms with E-state index in [1.807, 2.05) is 17.8 Å². The summed E-state index contributed by atoms with van der Waals surface area (Å²) in [5.41, 5.74) is 0.770. The van der Waals surface area contributed by atoms with Crippen molar-refractivity contribution < 1.29 is 4.52 Å². The molecule has 92 valence electrons. The second-order valence-corrected chi connectivity index (χ2v) is 5.27. The van der Waals surface area contributed by atoms with Crippen LogP contribution >= 0.6 is 0 Å². The highest BCUT2D eigenvalue weighted by atomic mass is 16.5. The van der Waals surface area contributed by atoms with Gasteiger partial charge in [-0.1, -0.05) is 17.3 Å². The predicted octanol–water partition coefficient (Wildman–Crippen LogP) is 2.15. The summed E-state index contributed by atoms with van der Waals surface area (Å²) in [6, 6.07) is 0. The Morgan fingerprint density at radius 2 is 2.28 bits per heavy atom. The predicted molar refractivity (Wildman–Crippen MR) is 64.6 cm³/mol. The molecule has 0 amide bonds. The summed E-state index contributed by atoms with van der Waals surface area (Å²) in [6.07, 6.45) is 10.6. The van der Waals surface area contributed by atoms with Crippen molar-refractivity contribution >= 4 is 0 Å². The number of hydrogen-bond donors (Lipinski definition) is 0. The van der Waals surface area contributed by atoms with Gasteiger partial charge in [-0.15, -0.1) is 0 Å². The molecule has 2 aromatic rings. The highest BCUT2D eigenvalue weighted by molar-refractivity contribution is 5.46. The number of aryl methyl sites for hydroxylation is 1. The Morgan fingerprint density at radius 3 is 2.94 bits per heavy atom. The molecule has 0 aliphatic heterocycles. The van der Waals surface area contributed by atoms with Crippen molar-refractivity contribution in [2.24, 2.45) is 18.9 Å². The van der Waals surface area contributed by atoms with E-state index in [2.05, 4.69) is 27.3 Å². The fraction of sp³-hybridized carbons (Fsp3) is 0.462. The fourth-order valence-corrected chi connectivity index (χ4v) is 3.08. The molecule has 5 heteroatoms.